The van der Waals surface area contributed by atoms with Gasteiger partial charge in [-0.05, 0) is 43.3 Å². The highest BCUT2D eigenvalue weighted by molar-refractivity contribution is 8.00. The van der Waals surface area contributed by atoms with Crippen LogP contribution >= 0.6 is 23.1 Å². The molecule has 2 aromatic rings. The second-order valence-electron chi connectivity index (χ2n) is 5.13. The minimum absolute atomic E-state index is 0.157. The molecule has 0 radical (unpaired) electrons. The summed E-state index contributed by atoms with van der Waals surface area (Å²) in [5.41, 5.74) is 6.10. The van der Waals surface area contributed by atoms with Gasteiger partial charge in [-0.15, -0.1) is 23.1 Å². The van der Waals surface area contributed by atoms with Crippen molar-refractivity contribution in [3.8, 4) is 0 Å². The number of hydrogen-bond acceptors (Lipinski definition) is 4. The summed E-state index contributed by atoms with van der Waals surface area (Å²) in [4.78, 5) is 25.7. The first-order valence-electron chi connectivity index (χ1n) is 7.43. The minimum atomic E-state index is -0.206. The molecule has 6 heteroatoms. The van der Waals surface area contributed by atoms with E-state index in [1.54, 1.807) is 11.3 Å². The molecule has 1 heterocycles. The number of carbonyl (C=O) groups is 2. The fourth-order valence-electron chi connectivity index (χ4n) is 1.90. The maximum absolute atomic E-state index is 11.7. The summed E-state index contributed by atoms with van der Waals surface area (Å²) in [5.74, 6) is -0.0872. The lowest BCUT2D eigenvalue weighted by Gasteiger charge is -2.07. The van der Waals surface area contributed by atoms with Crippen LogP contribution in [0.1, 0.15) is 23.3 Å². The first-order chi connectivity index (χ1) is 11.1. The van der Waals surface area contributed by atoms with Gasteiger partial charge in [0, 0.05) is 16.2 Å². The van der Waals surface area contributed by atoms with Crippen LogP contribution in [0.5, 0.6) is 0 Å². The zero-order valence-corrected chi connectivity index (χ0v) is 14.6. The highest BCUT2D eigenvalue weighted by Crippen LogP contribution is 2.17. The third kappa shape index (κ3) is 6.88. The quantitative estimate of drug-likeness (QED) is 0.596. The van der Waals surface area contributed by atoms with Gasteiger partial charge < -0.3 is 0 Å². The smallest absolute Gasteiger partial charge is 0.248 e. The van der Waals surface area contributed by atoms with Gasteiger partial charge in [0.05, 0.1) is 5.75 Å². The van der Waals surface area contributed by atoms with E-state index in [0.29, 0.717) is 6.42 Å². The summed E-state index contributed by atoms with van der Waals surface area (Å²) >= 11 is 3.14. The third-order valence-corrected chi connectivity index (χ3v) is 5.09. The number of aryl methyl sites for hydroxylation is 2. The molecule has 0 aliphatic carbocycles. The topological polar surface area (TPSA) is 58.2 Å². The molecule has 0 bridgehead atoms. The van der Waals surface area contributed by atoms with E-state index in [4.69, 9.17) is 0 Å². The highest BCUT2D eigenvalue weighted by atomic mass is 32.2. The molecule has 122 valence electrons. The van der Waals surface area contributed by atoms with E-state index in [2.05, 4.69) is 16.9 Å². The molecule has 0 atom stereocenters. The van der Waals surface area contributed by atoms with Crippen LogP contribution in [0.15, 0.2) is 46.7 Å². The number of carbonyl (C=O) groups excluding carboxylic acids is 2. The average molecular weight is 348 g/mol. The van der Waals surface area contributed by atoms with Crippen molar-refractivity contribution in [1.82, 2.24) is 10.9 Å². The van der Waals surface area contributed by atoms with Gasteiger partial charge in [-0.3, -0.25) is 20.4 Å². The summed E-state index contributed by atoms with van der Waals surface area (Å²) in [6.07, 6.45) is 2.08. The SMILES string of the molecule is Cc1ccc(SCC(=O)NNC(=O)CCCc2cccs2)cc1. The third-order valence-electron chi connectivity index (χ3n) is 3.14. The Bertz CT molecular complexity index is 625. The van der Waals surface area contributed by atoms with Gasteiger partial charge in [0.2, 0.25) is 11.8 Å². The molecule has 0 fully saturated rings. The van der Waals surface area contributed by atoms with Crippen molar-refractivity contribution >= 4 is 34.9 Å². The Morgan fingerprint density at radius 2 is 1.83 bits per heavy atom. The Labute approximate surface area is 144 Å². The molecular weight excluding hydrogens is 328 g/mol. The van der Waals surface area contributed by atoms with Crippen LogP contribution in [-0.2, 0) is 16.0 Å². The normalized spacial score (nSPS) is 10.3. The van der Waals surface area contributed by atoms with Crippen LogP contribution in [0.4, 0.5) is 0 Å². The van der Waals surface area contributed by atoms with E-state index in [-0.39, 0.29) is 17.6 Å². The highest BCUT2D eigenvalue weighted by Gasteiger charge is 2.06. The average Bonchev–Trinajstić information content (AvgIpc) is 3.06. The molecular formula is C17H20N2O2S2. The second-order valence-corrected chi connectivity index (χ2v) is 7.21. The van der Waals surface area contributed by atoms with Gasteiger partial charge in [-0.2, -0.15) is 0 Å². The Kier molecular flexibility index (Phi) is 7.16. The molecule has 0 aliphatic rings. The zero-order chi connectivity index (χ0) is 16.5. The molecule has 23 heavy (non-hydrogen) atoms. The number of benzene rings is 1. The molecule has 0 saturated carbocycles. The number of thiophene rings is 1. The molecule has 4 nitrogen and oxygen atoms in total. The maximum Gasteiger partial charge on any atom is 0.248 e. The van der Waals surface area contributed by atoms with Crippen molar-refractivity contribution in [3.63, 3.8) is 0 Å². The Morgan fingerprint density at radius 1 is 1.09 bits per heavy atom. The summed E-state index contributed by atoms with van der Waals surface area (Å²) < 4.78 is 0. The molecule has 0 saturated heterocycles. The predicted molar refractivity (Wildman–Crippen MR) is 95.4 cm³/mol. The van der Waals surface area contributed by atoms with Gasteiger partial charge in [0.15, 0.2) is 0 Å². The van der Waals surface area contributed by atoms with Gasteiger partial charge in [-0.25, -0.2) is 0 Å². The van der Waals surface area contributed by atoms with Crippen molar-refractivity contribution in [2.75, 3.05) is 5.75 Å². The standard InChI is InChI=1S/C17H20N2O2S2/c1-13-7-9-15(10-8-13)23-12-17(21)19-18-16(20)6-2-4-14-5-3-11-22-14/h3,5,7-11H,2,4,6,12H2,1H3,(H,18,20)(H,19,21). The monoisotopic (exact) mass is 348 g/mol. The fraction of sp³-hybridized carbons (Fsp3) is 0.294. The number of amides is 2. The number of rotatable bonds is 7. The lowest BCUT2D eigenvalue weighted by molar-refractivity contribution is -0.127. The molecule has 0 spiro atoms. The minimum Gasteiger partial charge on any atom is -0.273 e. The Balaban J connectivity index is 1.58. The molecule has 2 N–H and O–H groups in total. The number of hydrazine groups is 1. The van der Waals surface area contributed by atoms with E-state index >= 15 is 0 Å². The Morgan fingerprint density at radius 3 is 2.52 bits per heavy atom. The van der Waals surface area contributed by atoms with Crippen LogP contribution in [-0.4, -0.2) is 17.6 Å². The van der Waals surface area contributed by atoms with Gasteiger partial charge in [0.1, 0.15) is 0 Å². The first-order valence-corrected chi connectivity index (χ1v) is 9.29. The zero-order valence-electron chi connectivity index (χ0n) is 13.0. The summed E-state index contributed by atoms with van der Waals surface area (Å²) in [6.45, 7) is 2.02. The van der Waals surface area contributed by atoms with Gasteiger partial charge in [-0.1, -0.05) is 23.8 Å². The van der Waals surface area contributed by atoms with Crippen LogP contribution in [0.2, 0.25) is 0 Å². The number of hydrogen-bond donors (Lipinski definition) is 2. The summed E-state index contributed by atoms with van der Waals surface area (Å²) in [5, 5.41) is 2.03. The largest absolute Gasteiger partial charge is 0.273 e. The van der Waals surface area contributed by atoms with Crippen molar-refractivity contribution in [1.29, 1.82) is 0 Å². The van der Waals surface area contributed by atoms with Gasteiger partial charge in [0.25, 0.3) is 0 Å². The molecule has 1 aromatic heterocycles. The van der Waals surface area contributed by atoms with Crippen molar-refractivity contribution in [3.05, 3.63) is 52.2 Å². The summed E-state index contributed by atoms with van der Waals surface area (Å²) in [6, 6.07) is 12.1. The van der Waals surface area contributed by atoms with Crippen molar-refractivity contribution in [2.45, 2.75) is 31.1 Å². The van der Waals surface area contributed by atoms with Crippen molar-refractivity contribution < 1.29 is 9.59 Å². The molecule has 0 unspecified atom stereocenters. The van der Waals surface area contributed by atoms with E-state index in [1.165, 1.54) is 22.2 Å². The van der Waals surface area contributed by atoms with E-state index in [0.717, 1.165) is 17.7 Å². The van der Waals surface area contributed by atoms with Crippen LogP contribution in [0.3, 0.4) is 0 Å². The van der Waals surface area contributed by atoms with E-state index in [9.17, 15) is 9.59 Å². The molecule has 2 amide bonds. The second kappa shape index (κ2) is 9.37. The summed E-state index contributed by atoms with van der Waals surface area (Å²) in [7, 11) is 0. The Hall–Kier alpha value is -1.79. The number of thioether (sulfide) groups is 1. The molecule has 0 aliphatic heterocycles. The van der Waals surface area contributed by atoms with Crippen LogP contribution < -0.4 is 10.9 Å². The molecule has 1 aromatic carbocycles. The first kappa shape index (κ1) is 17.6. The van der Waals surface area contributed by atoms with E-state index in [1.807, 2.05) is 42.6 Å². The fourth-order valence-corrected chi connectivity index (χ4v) is 3.35. The van der Waals surface area contributed by atoms with E-state index < -0.39 is 0 Å². The lowest BCUT2D eigenvalue weighted by atomic mass is 10.2. The number of nitrogens with one attached hydrogen (secondary N) is 2. The predicted octanol–water partition coefficient (Wildman–Crippen LogP) is 3.32. The van der Waals surface area contributed by atoms with Crippen LogP contribution in [0, 0.1) is 6.92 Å². The molecule has 2 rings (SSSR count). The maximum atomic E-state index is 11.7. The van der Waals surface area contributed by atoms with Crippen LogP contribution in [0.25, 0.3) is 0 Å². The lowest BCUT2D eigenvalue weighted by Crippen LogP contribution is -2.42. The van der Waals surface area contributed by atoms with Crippen molar-refractivity contribution in [2.24, 2.45) is 0 Å². The van der Waals surface area contributed by atoms with Gasteiger partial charge >= 0.3 is 0 Å².